The van der Waals surface area contributed by atoms with Crippen molar-refractivity contribution >= 4 is 11.9 Å². The Bertz CT molecular complexity index is 667. The first-order valence-electron chi connectivity index (χ1n) is 6.73. The van der Waals surface area contributed by atoms with Crippen LogP contribution in [0.25, 0.3) is 5.82 Å². The van der Waals surface area contributed by atoms with E-state index in [1.165, 1.54) is 23.5 Å². The van der Waals surface area contributed by atoms with Crippen LogP contribution < -0.4 is 5.32 Å². The standard InChI is InChI=1S/C14H17N5O3/c1-14(2,5-3-12(20)21)18-13(22)10-4-6-16-11(7-10)19-9-15-8-17-19/h4,6-9H,3,5H2,1-2H3,(H,18,22)(H,20,21). The molecular formula is C14H17N5O3. The molecule has 2 heterocycles. The first-order valence-corrected chi connectivity index (χ1v) is 6.73. The van der Waals surface area contributed by atoms with E-state index in [9.17, 15) is 9.59 Å². The highest BCUT2D eigenvalue weighted by Crippen LogP contribution is 2.13. The number of carboxylic acid groups (broad SMARTS) is 1. The van der Waals surface area contributed by atoms with E-state index in [2.05, 4.69) is 20.4 Å². The predicted octanol–water partition coefficient (Wildman–Crippen LogP) is 1.04. The molecule has 0 radical (unpaired) electrons. The first-order chi connectivity index (χ1) is 10.4. The maximum Gasteiger partial charge on any atom is 0.303 e. The van der Waals surface area contributed by atoms with Crippen LogP contribution >= 0.6 is 0 Å². The minimum Gasteiger partial charge on any atom is -0.481 e. The van der Waals surface area contributed by atoms with Gasteiger partial charge in [0.25, 0.3) is 5.91 Å². The Kier molecular flexibility index (Phi) is 4.50. The van der Waals surface area contributed by atoms with Gasteiger partial charge in [-0.25, -0.2) is 14.6 Å². The van der Waals surface area contributed by atoms with E-state index >= 15 is 0 Å². The lowest BCUT2D eigenvalue weighted by atomic mass is 9.98. The predicted molar refractivity (Wildman–Crippen MR) is 77.6 cm³/mol. The SMILES string of the molecule is CC(C)(CCC(=O)O)NC(=O)c1ccnc(-n2cncn2)c1. The highest BCUT2D eigenvalue weighted by molar-refractivity contribution is 5.95. The number of hydrogen-bond acceptors (Lipinski definition) is 5. The maximum atomic E-state index is 12.3. The molecule has 8 nitrogen and oxygen atoms in total. The van der Waals surface area contributed by atoms with Gasteiger partial charge in [-0.3, -0.25) is 9.59 Å². The fourth-order valence-electron chi connectivity index (χ4n) is 1.87. The van der Waals surface area contributed by atoms with Crippen molar-refractivity contribution in [1.82, 2.24) is 25.1 Å². The van der Waals surface area contributed by atoms with Crippen LogP contribution in [-0.2, 0) is 4.79 Å². The summed E-state index contributed by atoms with van der Waals surface area (Å²) in [5.41, 5.74) is -0.199. The number of rotatable bonds is 6. The number of carbonyl (C=O) groups excluding carboxylic acids is 1. The van der Waals surface area contributed by atoms with Gasteiger partial charge in [-0.05, 0) is 32.4 Å². The Morgan fingerprint density at radius 2 is 2.18 bits per heavy atom. The summed E-state index contributed by atoms with van der Waals surface area (Å²) in [6.45, 7) is 3.57. The Morgan fingerprint density at radius 3 is 2.82 bits per heavy atom. The van der Waals surface area contributed by atoms with Gasteiger partial charge in [0, 0.05) is 23.7 Å². The average molecular weight is 303 g/mol. The van der Waals surface area contributed by atoms with Gasteiger partial charge in [-0.1, -0.05) is 0 Å². The molecule has 2 aromatic heterocycles. The van der Waals surface area contributed by atoms with Gasteiger partial charge in [-0.2, -0.15) is 5.10 Å². The Hall–Kier alpha value is -2.77. The topological polar surface area (TPSA) is 110 Å². The third-order valence-corrected chi connectivity index (χ3v) is 3.08. The second kappa shape index (κ2) is 6.33. The number of pyridine rings is 1. The number of nitrogens with one attached hydrogen (secondary N) is 1. The molecule has 0 fully saturated rings. The molecule has 0 saturated heterocycles. The Labute approximate surface area is 127 Å². The summed E-state index contributed by atoms with van der Waals surface area (Å²) in [5, 5.41) is 15.5. The van der Waals surface area contributed by atoms with Crippen molar-refractivity contribution in [3.8, 4) is 5.82 Å². The molecule has 0 unspecified atom stereocenters. The second-order valence-corrected chi connectivity index (χ2v) is 5.47. The normalized spacial score (nSPS) is 11.2. The van der Waals surface area contributed by atoms with Gasteiger partial charge < -0.3 is 10.4 Å². The monoisotopic (exact) mass is 303 g/mol. The Balaban J connectivity index is 2.09. The smallest absolute Gasteiger partial charge is 0.303 e. The maximum absolute atomic E-state index is 12.3. The summed E-state index contributed by atoms with van der Waals surface area (Å²) in [4.78, 5) is 30.9. The van der Waals surface area contributed by atoms with Crippen molar-refractivity contribution in [3.05, 3.63) is 36.5 Å². The number of carboxylic acids is 1. The van der Waals surface area contributed by atoms with E-state index in [4.69, 9.17) is 5.11 Å². The molecule has 0 bridgehead atoms. The van der Waals surface area contributed by atoms with E-state index in [0.717, 1.165) is 0 Å². The van der Waals surface area contributed by atoms with Crippen LogP contribution in [0.1, 0.15) is 37.0 Å². The fraction of sp³-hybridized carbons (Fsp3) is 0.357. The van der Waals surface area contributed by atoms with Gasteiger partial charge in [0.2, 0.25) is 0 Å². The molecule has 8 heteroatoms. The molecule has 0 aliphatic carbocycles. The molecule has 0 aliphatic rings. The van der Waals surface area contributed by atoms with Crippen molar-refractivity contribution in [3.63, 3.8) is 0 Å². The number of hydrogen-bond donors (Lipinski definition) is 2. The number of aromatic nitrogens is 4. The number of carbonyl (C=O) groups is 2. The van der Waals surface area contributed by atoms with Gasteiger partial charge in [0.05, 0.1) is 0 Å². The zero-order valence-electron chi connectivity index (χ0n) is 12.4. The number of aliphatic carboxylic acids is 1. The van der Waals surface area contributed by atoms with E-state index in [1.807, 2.05) is 0 Å². The second-order valence-electron chi connectivity index (χ2n) is 5.47. The number of amides is 1. The van der Waals surface area contributed by atoms with Crippen LogP contribution in [0, 0.1) is 0 Å². The van der Waals surface area contributed by atoms with E-state index in [-0.39, 0.29) is 12.3 Å². The Morgan fingerprint density at radius 1 is 1.41 bits per heavy atom. The van der Waals surface area contributed by atoms with Crippen LogP contribution in [0.15, 0.2) is 31.0 Å². The molecule has 0 aliphatic heterocycles. The third kappa shape index (κ3) is 4.11. The van der Waals surface area contributed by atoms with E-state index < -0.39 is 11.5 Å². The summed E-state index contributed by atoms with van der Waals surface area (Å²) >= 11 is 0. The summed E-state index contributed by atoms with van der Waals surface area (Å²) < 4.78 is 1.45. The highest BCUT2D eigenvalue weighted by Gasteiger charge is 2.22. The lowest BCUT2D eigenvalue weighted by Crippen LogP contribution is -2.43. The molecule has 2 rings (SSSR count). The van der Waals surface area contributed by atoms with Crippen molar-refractivity contribution in [1.29, 1.82) is 0 Å². The first kappa shape index (κ1) is 15.6. The summed E-state index contributed by atoms with van der Waals surface area (Å²) in [6, 6.07) is 3.18. The lowest BCUT2D eigenvalue weighted by molar-refractivity contribution is -0.137. The largest absolute Gasteiger partial charge is 0.481 e. The quantitative estimate of drug-likeness (QED) is 0.825. The van der Waals surface area contributed by atoms with Crippen molar-refractivity contribution in [2.24, 2.45) is 0 Å². The van der Waals surface area contributed by atoms with E-state index in [1.54, 1.807) is 26.0 Å². The molecule has 116 valence electrons. The molecule has 0 atom stereocenters. The van der Waals surface area contributed by atoms with Crippen LogP contribution in [0.5, 0.6) is 0 Å². The van der Waals surface area contributed by atoms with E-state index in [0.29, 0.717) is 17.8 Å². The van der Waals surface area contributed by atoms with Gasteiger partial charge in [0.1, 0.15) is 12.7 Å². The van der Waals surface area contributed by atoms with Crippen LogP contribution in [0.4, 0.5) is 0 Å². The molecule has 1 amide bonds. The van der Waals surface area contributed by atoms with Crippen LogP contribution in [-0.4, -0.2) is 42.3 Å². The molecule has 0 saturated carbocycles. The fourth-order valence-corrected chi connectivity index (χ4v) is 1.87. The molecule has 22 heavy (non-hydrogen) atoms. The summed E-state index contributed by atoms with van der Waals surface area (Å²) in [7, 11) is 0. The summed E-state index contributed by atoms with van der Waals surface area (Å²) in [6.07, 6.45) is 4.71. The van der Waals surface area contributed by atoms with Crippen molar-refractivity contribution < 1.29 is 14.7 Å². The molecular weight excluding hydrogens is 286 g/mol. The highest BCUT2D eigenvalue weighted by atomic mass is 16.4. The minimum absolute atomic E-state index is 0.00612. The van der Waals surface area contributed by atoms with Crippen molar-refractivity contribution in [2.45, 2.75) is 32.2 Å². The van der Waals surface area contributed by atoms with Gasteiger partial charge in [0.15, 0.2) is 5.82 Å². The molecule has 0 aromatic carbocycles. The number of nitrogens with zero attached hydrogens (tertiary/aromatic N) is 4. The summed E-state index contributed by atoms with van der Waals surface area (Å²) in [5.74, 6) is -0.702. The van der Waals surface area contributed by atoms with Crippen LogP contribution in [0.3, 0.4) is 0 Å². The minimum atomic E-state index is -0.889. The molecule has 2 aromatic rings. The van der Waals surface area contributed by atoms with Gasteiger partial charge >= 0.3 is 5.97 Å². The van der Waals surface area contributed by atoms with Crippen molar-refractivity contribution in [2.75, 3.05) is 0 Å². The third-order valence-electron chi connectivity index (χ3n) is 3.08. The molecule has 2 N–H and O–H groups in total. The zero-order chi connectivity index (χ0) is 16.2. The van der Waals surface area contributed by atoms with Crippen LogP contribution in [0.2, 0.25) is 0 Å². The zero-order valence-corrected chi connectivity index (χ0v) is 12.4. The average Bonchev–Trinajstić information content (AvgIpc) is 2.99. The van der Waals surface area contributed by atoms with Gasteiger partial charge in [-0.15, -0.1) is 0 Å². The molecule has 0 spiro atoms. The lowest BCUT2D eigenvalue weighted by Gasteiger charge is -2.25.